The molecule has 0 heterocycles. The van der Waals surface area contributed by atoms with Gasteiger partial charge in [0, 0.05) is 29.9 Å². The molecule has 0 saturated heterocycles. The molecule has 2 aliphatic rings. The van der Waals surface area contributed by atoms with Gasteiger partial charge >= 0.3 is 0 Å². The van der Waals surface area contributed by atoms with Crippen LogP contribution in [0.2, 0.25) is 5.02 Å². The van der Waals surface area contributed by atoms with Crippen LogP contribution >= 0.6 is 11.6 Å². The van der Waals surface area contributed by atoms with Gasteiger partial charge in [-0.1, -0.05) is 11.6 Å². The first-order chi connectivity index (χ1) is 18.2. The molecule has 2 fully saturated rings. The molecule has 3 unspecified atom stereocenters. The Morgan fingerprint density at radius 1 is 1.10 bits per heavy atom. The summed E-state index contributed by atoms with van der Waals surface area (Å²) in [7, 11) is -4.09. The lowest BCUT2D eigenvalue weighted by Crippen LogP contribution is -2.51. The van der Waals surface area contributed by atoms with Gasteiger partial charge in [-0.05, 0) is 62.6 Å². The predicted octanol–water partition coefficient (Wildman–Crippen LogP) is 3.59. The molecule has 13 heteroatoms. The van der Waals surface area contributed by atoms with E-state index in [1.54, 1.807) is 0 Å². The maximum absolute atomic E-state index is 13.7. The molecule has 2 aromatic carbocycles. The number of fused-ring (bicyclic) bond motifs is 2. The fourth-order valence-electron chi connectivity index (χ4n) is 5.61. The van der Waals surface area contributed by atoms with Gasteiger partial charge in [-0.3, -0.25) is 9.59 Å². The molecule has 39 heavy (non-hydrogen) atoms. The van der Waals surface area contributed by atoms with Crippen molar-refractivity contribution in [3.05, 3.63) is 58.4 Å². The highest BCUT2D eigenvalue weighted by atomic mass is 35.5. The third-order valence-corrected chi connectivity index (χ3v) is 10.2. The molecule has 0 spiro atoms. The zero-order valence-electron chi connectivity index (χ0n) is 20.9. The zero-order chi connectivity index (χ0) is 28.7. The number of anilines is 1. The van der Waals surface area contributed by atoms with Crippen molar-refractivity contribution >= 4 is 38.9 Å². The van der Waals surface area contributed by atoms with Crippen LogP contribution in [-0.4, -0.2) is 53.9 Å². The summed E-state index contributed by atoms with van der Waals surface area (Å²) < 4.78 is 67.6. The Morgan fingerprint density at radius 3 is 2.26 bits per heavy atom. The van der Waals surface area contributed by atoms with Gasteiger partial charge in [0.05, 0.1) is 33.3 Å². The van der Waals surface area contributed by atoms with E-state index in [1.165, 1.54) is 19.1 Å². The van der Waals surface area contributed by atoms with Crippen molar-refractivity contribution in [2.24, 2.45) is 11.8 Å². The summed E-state index contributed by atoms with van der Waals surface area (Å²) in [5, 5.41) is 24.4. The van der Waals surface area contributed by atoms with Crippen molar-refractivity contribution in [3.63, 3.8) is 0 Å². The molecule has 2 bridgehead atoms. The molecular formula is C26H28ClF3N2O6S. The minimum absolute atomic E-state index is 0.0364. The normalized spacial score (nSPS) is 25.3. The number of hydrogen-bond acceptors (Lipinski definition) is 6. The third-order valence-electron chi connectivity index (χ3n) is 7.59. The molecule has 2 amide bonds. The van der Waals surface area contributed by atoms with Gasteiger partial charge < -0.3 is 20.8 Å². The van der Waals surface area contributed by atoms with Gasteiger partial charge in [-0.2, -0.15) is 0 Å². The number of aliphatic hydroxyl groups is 2. The van der Waals surface area contributed by atoms with Crippen molar-refractivity contribution < 1.29 is 41.4 Å². The number of hydrogen-bond donors (Lipinski definition) is 4. The second kappa shape index (κ2) is 11.1. The molecule has 0 aromatic heterocycles. The average molecular weight is 589 g/mol. The number of carbonyl (C=O) groups is 2. The second-order valence-corrected chi connectivity index (χ2v) is 12.9. The summed E-state index contributed by atoms with van der Waals surface area (Å²) in [4.78, 5) is 24.8. The quantitative estimate of drug-likeness (QED) is 0.349. The number of sulfone groups is 1. The minimum atomic E-state index is -4.09. The van der Waals surface area contributed by atoms with E-state index in [2.05, 4.69) is 10.6 Å². The van der Waals surface area contributed by atoms with Crippen LogP contribution in [0.5, 0.6) is 0 Å². The predicted molar refractivity (Wildman–Crippen MR) is 136 cm³/mol. The Balaban J connectivity index is 1.52. The summed E-state index contributed by atoms with van der Waals surface area (Å²) >= 11 is 6.22. The van der Waals surface area contributed by atoms with Crippen LogP contribution in [0.25, 0.3) is 0 Å². The highest BCUT2D eigenvalue weighted by Crippen LogP contribution is 2.53. The van der Waals surface area contributed by atoms with Crippen molar-refractivity contribution in [3.8, 4) is 0 Å². The van der Waals surface area contributed by atoms with Gasteiger partial charge in [0.1, 0.15) is 0 Å². The number of amides is 2. The van der Waals surface area contributed by atoms with E-state index in [-0.39, 0.29) is 47.0 Å². The molecule has 4 N–H and O–H groups in total. The van der Waals surface area contributed by atoms with E-state index in [9.17, 15) is 41.4 Å². The summed E-state index contributed by atoms with van der Waals surface area (Å²) in [5.74, 6) is -6.94. The van der Waals surface area contributed by atoms with Crippen LogP contribution in [-0.2, 0) is 14.6 Å². The molecule has 0 radical (unpaired) electrons. The van der Waals surface area contributed by atoms with Crippen molar-refractivity contribution in [2.75, 3.05) is 11.9 Å². The topological polar surface area (TPSA) is 133 Å². The number of halogens is 4. The van der Waals surface area contributed by atoms with E-state index in [1.807, 2.05) is 0 Å². The van der Waals surface area contributed by atoms with Gasteiger partial charge in [-0.25, -0.2) is 21.6 Å². The van der Waals surface area contributed by atoms with E-state index in [4.69, 9.17) is 11.6 Å². The Morgan fingerprint density at radius 2 is 1.69 bits per heavy atom. The fraction of sp³-hybridized carbons (Fsp3) is 0.462. The molecule has 8 nitrogen and oxygen atoms in total. The lowest BCUT2D eigenvalue weighted by Gasteiger charge is -2.42. The first kappa shape index (κ1) is 29.3. The summed E-state index contributed by atoms with van der Waals surface area (Å²) in [6.07, 6.45) is 0.292. The monoisotopic (exact) mass is 588 g/mol. The lowest BCUT2D eigenvalue weighted by atomic mass is 9.72. The maximum Gasteiger partial charge on any atom is 0.255 e. The van der Waals surface area contributed by atoms with Crippen molar-refractivity contribution in [1.29, 1.82) is 0 Å². The van der Waals surface area contributed by atoms with Crippen LogP contribution in [0.3, 0.4) is 0 Å². The van der Waals surface area contributed by atoms with Crippen LogP contribution in [0.15, 0.2) is 35.2 Å². The SMILES string of the molecule is CC(O)CNC(=O)C[C@]1(O)C2CCC1C[C@@H](S(=O)(=O)c1cc(C(=O)Nc3cc(F)c(F)c(F)c3)ccc1Cl)C2. The van der Waals surface area contributed by atoms with Crippen LogP contribution in [0, 0.1) is 29.3 Å². The first-order valence-corrected chi connectivity index (χ1v) is 14.3. The van der Waals surface area contributed by atoms with Crippen molar-refractivity contribution in [2.45, 2.75) is 60.9 Å². The van der Waals surface area contributed by atoms with Crippen LogP contribution < -0.4 is 10.6 Å². The standard InChI is InChI=1S/C26H28ClF3N2O6S/c1-13(33)12-31-23(34)11-26(36)15-3-4-16(26)8-18(7-15)39(37,38)22-6-14(2-5-19(22)27)25(35)32-17-9-20(28)24(30)21(29)10-17/h2,5-6,9-10,13,15-16,18,33,36H,3-4,7-8,11-12H2,1H3,(H,31,34)(H,32,35)/t13?,15?,16?,18-,26-. The highest BCUT2D eigenvalue weighted by Gasteiger charge is 2.56. The summed E-state index contributed by atoms with van der Waals surface area (Å²) in [5.41, 5.74) is -1.90. The van der Waals surface area contributed by atoms with E-state index in [0.717, 1.165) is 6.07 Å². The summed E-state index contributed by atoms with van der Waals surface area (Å²) in [6.45, 7) is 1.55. The van der Waals surface area contributed by atoms with E-state index >= 15 is 0 Å². The van der Waals surface area contributed by atoms with Gasteiger partial charge in [-0.15, -0.1) is 0 Å². The fourth-order valence-corrected chi connectivity index (χ4v) is 8.01. The average Bonchev–Trinajstić information content (AvgIpc) is 3.01. The molecule has 3 atom stereocenters. The van der Waals surface area contributed by atoms with Gasteiger partial charge in [0.25, 0.3) is 5.91 Å². The lowest BCUT2D eigenvalue weighted by molar-refractivity contribution is -0.133. The Bertz CT molecular complexity index is 1370. The molecule has 2 aromatic rings. The molecular weight excluding hydrogens is 561 g/mol. The molecule has 4 rings (SSSR count). The number of aliphatic hydroxyl groups excluding tert-OH is 1. The number of carbonyl (C=O) groups excluding carboxylic acids is 2. The highest BCUT2D eigenvalue weighted by molar-refractivity contribution is 7.92. The second-order valence-electron chi connectivity index (χ2n) is 10.3. The molecule has 2 saturated carbocycles. The minimum Gasteiger partial charge on any atom is -0.392 e. The number of benzene rings is 2. The molecule has 2 aliphatic carbocycles. The third kappa shape index (κ3) is 5.93. The van der Waals surface area contributed by atoms with Gasteiger partial charge in [0.15, 0.2) is 27.3 Å². The first-order valence-electron chi connectivity index (χ1n) is 12.4. The molecule has 0 aliphatic heterocycles. The molecule has 212 valence electrons. The van der Waals surface area contributed by atoms with Gasteiger partial charge in [0.2, 0.25) is 5.91 Å². The smallest absolute Gasteiger partial charge is 0.255 e. The van der Waals surface area contributed by atoms with E-state index < -0.39 is 67.9 Å². The van der Waals surface area contributed by atoms with Crippen molar-refractivity contribution in [1.82, 2.24) is 5.32 Å². The summed E-state index contributed by atoms with van der Waals surface area (Å²) in [6, 6.07) is 4.70. The largest absolute Gasteiger partial charge is 0.392 e. The Hall–Kier alpha value is -2.67. The number of nitrogens with one attached hydrogen (secondary N) is 2. The number of rotatable bonds is 8. The van der Waals surface area contributed by atoms with Crippen LogP contribution in [0.1, 0.15) is 49.4 Å². The Labute approximate surface area is 228 Å². The Kier molecular flexibility index (Phi) is 8.32. The maximum atomic E-state index is 13.7. The van der Waals surface area contributed by atoms with Crippen LogP contribution in [0.4, 0.5) is 18.9 Å². The van der Waals surface area contributed by atoms with E-state index in [0.29, 0.717) is 25.0 Å². The zero-order valence-corrected chi connectivity index (χ0v) is 22.5.